The fourth-order valence-electron chi connectivity index (χ4n) is 2.01. The normalized spacial score (nSPS) is 13.1. The number of halogens is 1. The highest BCUT2D eigenvalue weighted by molar-refractivity contribution is 5.67. The second kappa shape index (κ2) is 6.02. The van der Waals surface area contributed by atoms with Gasteiger partial charge in [-0.25, -0.2) is 4.39 Å². The minimum atomic E-state index is -0.918. The van der Waals surface area contributed by atoms with Crippen molar-refractivity contribution >= 4 is 5.97 Å². The van der Waals surface area contributed by atoms with Gasteiger partial charge in [-0.1, -0.05) is 19.9 Å². The van der Waals surface area contributed by atoms with Crippen LogP contribution >= 0.6 is 0 Å². The van der Waals surface area contributed by atoms with Gasteiger partial charge in [-0.05, 0) is 29.5 Å². The van der Waals surface area contributed by atoms with Crippen molar-refractivity contribution in [2.24, 2.45) is 5.41 Å². The van der Waals surface area contributed by atoms with E-state index in [1.807, 2.05) is 0 Å². The Balaban J connectivity index is 2.80. The predicted molar refractivity (Wildman–Crippen MR) is 68.6 cm³/mol. The lowest BCUT2D eigenvalue weighted by Gasteiger charge is -2.25. The van der Waals surface area contributed by atoms with Gasteiger partial charge in [0.25, 0.3) is 0 Å². The second-order valence-electron chi connectivity index (χ2n) is 5.35. The first-order valence-corrected chi connectivity index (χ1v) is 5.98. The van der Waals surface area contributed by atoms with Crippen molar-refractivity contribution in [1.29, 1.82) is 0 Å². The molecule has 1 rings (SSSR count). The summed E-state index contributed by atoms with van der Waals surface area (Å²) < 4.78 is 18.3. The molecule has 1 aromatic carbocycles. The first-order valence-electron chi connectivity index (χ1n) is 5.98. The van der Waals surface area contributed by atoms with Crippen LogP contribution in [0.3, 0.4) is 0 Å². The van der Waals surface area contributed by atoms with E-state index in [4.69, 9.17) is 9.84 Å². The zero-order valence-corrected chi connectivity index (χ0v) is 11.3. The van der Waals surface area contributed by atoms with Crippen LogP contribution in [-0.2, 0) is 4.79 Å². The van der Waals surface area contributed by atoms with Crippen LogP contribution < -0.4 is 4.74 Å². The molecule has 0 aromatic heterocycles. The largest absolute Gasteiger partial charge is 0.494 e. The summed E-state index contributed by atoms with van der Waals surface area (Å²) in [5.74, 6) is -1.35. The molecule has 0 amide bonds. The maximum atomic E-state index is 13.5. The van der Waals surface area contributed by atoms with Crippen LogP contribution in [0.15, 0.2) is 18.2 Å². The number of ether oxygens (including phenoxy) is 1. The van der Waals surface area contributed by atoms with Gasteiger partial charge in [-0.15, -0.1) is 0 Å². The van der Waals surface area contributed by atoms with E-state index in [-0.39, 0.29) is 18.6 Å². The average molecular weight is 270 g/mol. The number of aliphatic hydroxyl groups excluding tert-OH is 1. The monoisotopic (exact) mass is 270 g/mol. The molecule has 0 radical (unpaired) electrons. The number of aliphatic carboxylic acids is 1. The number of rotatable bonds is 6. The zero-order valence-electron chi connectivity index (χ0n) is 11.3. The van der Waals surface area contributed by atoms with E-state index in [1.54, 1.807) is 19.9 Å². The lowest BCUT2D eigenvalue weighted by Crippen LogP contribution is -2.20. The number of hydrogen-bond donors (Lipinski definition) is 2. The van der Waals surface area contributed by atoms with Crippen LogP contribution in [0.25, 0.3) is 0 Å². The summed E-state index contributed by atoms with van der Waals surface area (Å²) in [7, 11) is 1.37. The smallest absolute Gasteiger partial charge is 0.303 e. The zero-order chi connectivity index (χ0) is 14.6. The Bertz CT molecular complexity index is 457. The summed E-state index contributed by atoms with van der Waals surface area (Å²) in [4.78, 5) is 10.7. The third-order valence-corrected chi connectivity index (χ3v) is 2.94. The third-order valence-electron chi connectivity index (χ3n) is 2.94. The number of benzene rings is 1. The highest BCUT2D eigenvalue weighted by Crippen LogP contribution is 2.34. The predicted octanol–water partition coefficient (Wildman–Crippen LogP) is 2.76. The van der Waals surface area contributed by atoms with Gasteiger partial charge in [0.15, 0.2) is 11.6 Å². The molecule has 0 bridgehead atoms. The fraction of sp³-hybridized carbons (Fsp3) is 0.500. The van der Waals surface area contributed by atoms with E-state index in [9.17, 15) is 14.3 Å². The third kappa shape index (κ3) is 4.52. The van der Waals surface area contributed by atoms with Gasteiger partial charge in [0.1, 0.15) is 0 Å². The topological polar surface area (TPSA) is 66.8 Å². The van der Waals surface area contributed by atoms with E-state index in [0.29, 0.717) is 5.56 Å². The Morgan fingerprint density at radius 1 is 1.47 bits per heavy atom. The Labute approximate surface area is 111 Å². The van der Waals surface area contributed by atoms with Gasteiger partial charge >= 0.3 is 5.97 Å². The van der Waals surface area contributed by atoms with E-state index in [2.05, 4.69) is 0 Å². The molecule has 0 saturated carbocycles. The first kappa shape index (κ1) is 15.4. The number of carboxylic acids is 1. The summed E-state index contributed by atoms with van der Waals surface area (Å²) in [5, 5.41) is 18.8. The molecule has 4 nitrogen and oxygen atoms in total. The number of carbonyl (C=O) groups is 1. The van der Waals surface area contributed by atoms with Gasteiger partial charge < -0.3 is 14.9 Å². The van der Waals surface area contributed by atoms with E-state index in [0.717, 1.165) is 0 Å². The van der Waals surface area contributed by atoms with Gasteiger partial charge in [-0.3, -0.25) is 4.79 Å². The van der Waals surface area contributed by atoms with Crippen LogP contribution in [0.4, 0.5) is 4.39 Å². The lowest BCUT2D eigenvalue weighted by molar-refractivity contribution is -0.139. The summed E-state index contributed by atoms with van der Waals surface area (Å²) >= 11 is 0. The molecule has 0 spiro atoms. The van der Waals surface area contributed by atoms with Crippen LogP contribution in [0.2, 0.25) is 0 Å². The Morgan fingerprint density at radius 3 is 2.58 bits per heavy atom. The molecule has 1 unspecified atom stereocenters. The molecule has 0 aliphatic carbocycles. The molecule has 0 fully saturated rings. The van der Waals surface area contributed by atoms with Crippen molar-refractivity contribution in [3.8, 4) is 5.75 Å². The van der Waals surface area contributed by atoms with Crippen molar-refractivity contribution in [2.75, 3.05) is 7.11 Å². The summed E-state index contributed by atoms with van der Waals surface area (Å²) in [6, 6.07) is 4.22. The van der Waals surface area contributed by atoms with Crippen molar-refractivity contribution < 1.29 is 24.1 Å². The van der Waals surface area contributed by atoms with Crippen LogP contribution in [0.1, 0.15) is 38.4 Å². The molecule has 106 valence electrons. The van der Waals surface area contributed by atoms with Crippen LogP contribution in [-0.4, -0.2) is 23.3 Å². The number of methoxy groups -OCH3 is 1. The molecule has 19 heavy (non-hydrogen) atoms. The number of hydrogen-bond acceptors (Lipinski definition) is 3. The molecule has 1 atom stereocenters. The molecular formula is C14H19FO4. The summed E-state index contributed by atoms with van der Waals surface area (Å²) in [6.07, 6.45) is -0.719. The Hall–Kier alpha value is -1.62. The quantitative estimate of drug-likeness (QED) is 0.834. The Kier molecular flexibility index (Phi) is 4.89. The van der Waals surface area contributed by atoms with Crippen molar-refractivity contribution in [3.63, 3.8) is 0 Å². The molecule has 0 heterocycles. The second-order valence-corrected chi connectivity index (χ2v) is 5.35. The van der Waals surface area contributed by atoms with E-state index < -0.39 is 23.3 Å². The highest BCUT2D eigenvalue weighted by Gasteiger charge is 2.26. The van der Waals surface area contributed by atoms with Crippen molar-refractivity contribution in [2.45, 2.75) is 32.8 Å². The first-order chi connectivity index (χ1) is 8.75. The standard InChI is InChI=1S/C14H19FO4/c1-14(2,8-13(17)18)7-11(16)9-4-5-12(19-3)10(15)6-9/h4-6,11,16H,7-8H2,1-3H3,(H,17,18). The number of carboxylic acid groups (broad SMARTS) is 1. The summed E-state index contributed by atoms with van der Waals surface area (Å²) in [6.45, 7) is 3.51. The Morgan fingerprint density at radius 2 is 2.11 bits per heavy atom. The maximum Gasteiger partial charge on any atom is 0.303 e. The molecular weight excluding hydrogens is 251 g/mol. The molecule has 5 heteroatoms. The molecule has 0 aliphatic rings. The summed E-state index contributed by atoms with van der Waals surface area (Å²) in [5.41, 5.74) is -0.154. The van der Waals surface area contributed by atoms with Crippen LogP contribution in [0, 0.1) is 11.2 Å². The van der Waals surface area contributed by atoms with Crippen molar-refractivity contribution in [3.05, 3.63) is 29.6 Å². The van der Waals surface area contributed by atoms with E-state index in [1.165, 1.54) is 19.2 Å². The van der Waals surface area contributed by atoms with Gasteiger partial charge in [0.2, 0.25) is 0 Å². The van der Waals surface area contributed by atoms with Crippen molar-refractivity contribution in [1.82, 2.24) is 0 Å². The SMILES string of the molecule is COc1ccc(C(O)CC(C)(C)CC(=O)O)cc1F. The fourth-order valence-corrected chi connectivity index (χ4v) is 2.01. The minimum Gasteiger partial charge on any atom is -0.494 e. The number of aliphatic hydroxyl groups is 1. The lowest BCUT2D eigenvalue weighted by atomic mass is 9.82. The van der Waals surface area contributed by atoms with Gasteiger partial charge in [0.05, 0.1) is 19.6 Å². The molecule has 2 N–H and O–H groups in total. The molecule has 0 aliphatic heterocycles. The van der Waals surface area contributed by atoms with Gasteiger partial charge in [-0.2, -0.15) is 0 Å². The molecule has 1 aromatic rings. The average Bonchev–Trinajstić information content (AvgIpc) is 2.26. The minimum absolute atomic E-state index is 0.0529. The highest BCUT2D eigenvalue weighted by atomic mass is 19.1. The van der Waals surface area contributed by atoms with Gasteiger partial charge in [0, 0.05) is 0 Å². The maximum absolute atomic E-state index is 13.5. The van der Waals surface area contributed by atoms with Crippen LogP contribution in [0.5, 0.6) is 5.75 Å². The van der Waals surface area contributed by atoms with E-state index >= 15 is 0 Å². The molecule has 0 saturated heterocycles.